The first-order valence-electron chi connectivity index (χ1n) is 5.28. The summed E-state index contributed by atoms with van der Waals surface area (Å²) in [7, 11) is 0. The SMILES string of the molecule is CC1(CNc2ccc([N+](=O)[O-])c(N)c2)CC1. The van der Waals surface area contributed by atoms with Crippen molar-refractivity contribution >= 4 is 17.1 Å². The van der Waals surface area contributed by atoms with Crippen LogP contribution in [0.15, 0.2) is 18.2 Å². The van der Waals surface area contributed by atoms with Crippen LogP contribution in [0.1, 0.15) is 19.8 Å². The van der Waals surface area contributed by atoms with Gasteiger partial charge in [0.1, 0.15) is 5.69 Å². The van der Waals surface area contributed by atoms with Crippen LogP contribution in [0.5, 0.6) is 0 Å². The number of nitrogen functional groups attached to an aromatic ring is 1. The third-order valence-corrected chi connectivity index (χ3v) is 3.05. The first kappa shape index (κ1) is 10.7. The Morgan fingerprint density at radius 1 is 1.56 bits per heavy atom. The fourth-order valence-electron chi connectivity index (χ4n) is 1.54. The van der Waals surface area contributed by atoms with E-state index in [-0.39, 0.29) is 11.4 Å². The molecule has 0 bridgehead atoms. The van der Waals surface area contributed by atoms with Crippen LogP contribution in [0.3, 0.4) is 0 Å². The van der Waals surface area contributed by atoms with Crippen molar-refractivity contribution in [3.63, 3.8) is 0 Å². The number of nitrogens with two attached hydrogens (primary N) is 1. The third-order valence-electron chi connectivity index (χ3n) is 3.05. The molecule has 86 valence electrons. The van der Waals surface area contributed by atoms with Crippen molar-refractivity contribution in [2.45, 2.75) is 19.8 Å². The first-order chi connectivity index (χ1) is 7.50. The van der Waals surface area contributed by atoms with Gasteiger partial charge in [-0.15, -0.1) is 0 Å². The number of nitro groups is 1. The van der Waals surface area contributed by atoms with Gasteiger partial charge < -0.3 is 11.1 Å². The Morgan fingerprint density at radius 3 is 2.75 bits per heavy atom. The van der Waals surface area contributed by atoms with Crippen molar-refractivity contribution < 1.29 is 4.92 Å². The molecule has 1 aromatic carbocycles. The lowest BCUT2D eigenvalue weighted by Gasteiger charge is -2.11. The Kier molecular flexibility index (Phi) is 2.46. The maximum atomic E-state index is 10.6. The van der Waals surface area contributed by atoms with Crippen molar-refractivity contribution in [3.8, 4) is 0 Å². The number of hydrogen-bond acceptors (Lipinski definition) is 4. The minimum Gasteiger partial charge on any atom is -0.393 e. The summed E-state index contributed by atoms with van der Waals surface area (Å²) in [4.78, 5) is 10.1. The van der Waals surface area contributed by atoms with Gasteiger partial charge in [0, 0.05) is 18.3 Å². The lowest BCUT2D eigenvalue weighted by Crippen LogP contribution is -2.11. The van der Waals surface area contributed by atoms with Gasteiger partial charge in [0.15, 0.2) is 0 Å². The number of nitrogens with zero attached hydrogens (tertiary/aromatic N) is 1. The van der Waals surface area contributed by atoms with Gasteiger partial charge in [-0.2, -0.15) is 0 Å². The van der Waals surface area contributed by atoms with Crippen LogP contribution >= 0.6 is 0 Å². The van der Waals surface area contributed by atoms with Gasteiger partial charge >= 0.3 is 0 Å². The van der Waals surface area contributed by atoms with Crippen LogP contribution in [0.2, 0.25) is 0 Å². The molecule has 1 fully saturated rings. The molecule has 1 saturated carbocycles. The van der Waals surface area contributed by atoms with E-state index in [4.69, 9.17) is 5.73 Å². The average molecular weight is 221 g/mol. The van der Waals surface area contributed by atoms with Gasteiger partial charge in [0.05, 0.1) is 4.92 Å². The van der Waals surface area contributed by atoms with Crippen LogP contribution in [0.4, 0.5) is 17.1 Å². The molecule has 16 heavy (non-hydrogen) atoms. The molecule has 5 heteroatoms. The second-order valence-electron chi connectivity index (χ2n) is 4.69. The highest BCUT2D eigenvalue weighted by molar-refractivity contribution is 5.65. The Balaban J connectivity index is 2.05. The van der Waals surface area contributed by atoms with E-state index >= 15 is 0 Å². The molecule has 3 N–H and O–H groups in total. The maximum absolute atomic E-state index is 10.6. The molecule has 0 unspecified atom stereocenters. The second kappa shape index (κ2) is 3.66. The topological polar surface area (TPSA) is 81.2 Å². The summed E-state index contributed by atoms with van der Waals surface area (Å²) in [6, 6.07) is 4.75. The van der Waals surface area contributed by atoms with E-state index in [0.717, 1.165) is 12.2 Å². The number of hydrogen-bond donors (Lipinski definition) is 2. The highest BCUT2D eigenvalue weighted by Crippen LogP contribution is 2.44. The summed E-state index contributed by atoms with van der Waals surface area (Å²) in [6.45, 7) is 3.11. The van der Waals surface area contributed by atoms with E-state index in [0.29, 0.717) is 5.41 Å². The minimum absolute atomic E-state index is 0.0387. The van der Waals surface area contributed by atoms with E-state index in [9.17, 15) is 10.1 Å². The van der Waals surface area contributed by atoms with Crippen LogP contribution in [-0.2, 0) is 0 Å². The van der Waals surface area contributed by atoms with Crippen molar-refractivity contribution in [2.75, 3.05) is 17.6 Å². The number of nitrogens with one attached hydrogen (secondary N) is 1. The van der Waals surface area contributed by atoms with Gasteiger partial charge in [-0.1, -0.05) is 6.92 Å². The highest BCUT2D eigenvalue weighted by Gasteiger charge is 2.36. The molecule has 0 spiro atoms. The molecule has 0 saturated heterocycles. The molecule has 5 nitrogen and oxygen atoms in total. The Morgan fingerprint density at radius 2 is 2.25 bits per heavy atom. The van der Waals surface area contributed by atoms with Crippen LogP contribution < -0.4 is 11.1 Å². The normalized spacial score (nSPS) is 16.8. The Labute approximate surface area is 93.8 Å². The van der Waals surface area contributed by atoms with Crippen LogP contribution in [0, 0.1) is 15.5 Å². The smallest absolute Gasteiger partial charge is 0.292 e. The van der Waals surface area contributed by atoms with Gasteiger partial charge in [0.25, 0.3) is 5.69 Å². The summed E-state index contributed by atoms with van der Waals surface area (Å²) in [5.74, 6) is 0. The van der Waals surface area contributed by atoms with Crippen LogP contribution in [-0.4, -0.2) is 11.5 Å². The quantitative estimate of drug-likeness (QED) is 0.464. The minimum atomic E-state index is -0.471. The highest BCUT2D eigenvalue weighted by atomic mass is 16.6. The summed E-state index contributed by atoms with van der Waals surface area (Å²) in [5.41, 5.74) is 7.00. The van der Waals surface area contributed by atoms with E-state index < -0.39 is 4.92 Å². The molecule has 0 aliphatic heterocycles. The molecule has 0 heterocycles. The Hall–Kier alpha value is -1.78. The zero-order valence-corrected chi connectivity index (χ0v) is 9.19. The zero-order valence-electron chi connectivity index (χ0n) is 9.19. The largest absolute Gasteiger partial charge is 0.393 e. The average Bonchev–Trinajstić information content (AvgIpc) is 2.94. The number of anilines is 2. The van der Waals surface area contributed by atoms with Gasteiger partial charge in [-0.25, -0.2) is 0 Å². The standard InChI is InChI=1S/C11H15N3O2/c1-11(4-5-11)7-13-8-2-3-10(14(15)16)9(12)6-8/h2-3,6,13H,4-5,7,12H2,1H3. The summed E-state index contributed by atoms with van der Waals surface area (Å²) >= 11 is 0. The van der Waals surface area contributed by atoms with Gasteiger partial charge in [-0.3, -0.25) is 10.1 Å². The molecule has 1 aliphatic carbocycles. The van der Waals surface area contributed by atoms with E-state index in [1.807, 2.05) is 0 Å². The van der Waals surface area contributed by atoms with E-state index in [1.54, 1.807) is 12.1 Å². The monoisotopic (exact) mass is 221 g/mol. The summed E-state index contributed by atoms with van der Waals surface area (Å²) in [5, 5.41) is 13.8. The zero-order chi connectivity index (χ0) is 11.8. The number of rotatable bonds is 4. The molecule has 1 aliphatic rings. The van der Waals surface area contributed by atoms with E-state index in [2.05, 4.69) is 12.2 Å². The van der Waals surface area contributed by atoms with Gasteiger partial charge in [0.2, 0.25) is 0 Å². The fraction of sp³-hybridized carbons (Fsp3) is 0.455. The van der Waals surface area contributed by atoms with Crippen molar-refractivity contribution in [1.82, 2.24) is 0 Å². The third kappa shape index (κ3) is 2.24. The fourth-order valence-corrected chi connectivity index (χ4v) is 1.54. The molecule has 0 atom stereocenters. The Bertz CT molecular complexity index is 427. The molecule has 0 amide bonds. The molecular formula is C11H15N3O2. The van der Waals surface area contributed by atoms with Crippen molar-refractivity contribution in [3.05, 3.63) is 28.3 Å². The molecular weight excluding hydrogens is 206 g/mol. The molecule has 0 radical (unpaired) electrons. The lowest BCUT2D eigenvalue weighted by atomic mass is 10.1. The second-order valence-corrected chi connectivity index (χ2v) is 4.69. The molecule has 0 aromatic heterocycles. The lowest BCUT2D eigenvalue weighted by molar-refractivity contribution is -0.383. The molecule has 1 aromatic rings. The van der Waals surface area contributed by atoms with Gasteiger partial charge in [-0.05, 0) is 30.4 Å². The summed E-state index contributed by atoms with van der Waals surface area (Å²) < 4.78 is 0. The van der Waals surface area contributed by atoms with Crippen molar-refractivity contribution in [2.24, 2.45) is 5.41 Å². The number of benzene rings is 1. The van der Waals surface area contributed by atoms with Crippen molar-refractivity contribution in [1.29, 1.82) is 0 Å². The number of nitro benzene ring substituents is 1. The van der Waals surface area contributed by atoms with Crippen LogP contribution in [0.25, 0.3) is 0 Å². The predicted octanol–water partition coefficient (Wildman–Crippen LogP) is 2.39. The summed E-state index contributed by atoms with van der Waals surface area (Å²) in [6.07, 6.45) is 2.48. The molecule has 2 rings (SSSR count). The maximum Gasteiger partial charge on any atom is 0.292 e. The predicted molar refractivity (Wildman–Crippen MR) is 63.3 cm³/mol. The first-order valence-corrected chi connectivity index (χ1v) is 5.28. The van der Waals surface area contributed by atoms with E-state index in [1.165, 1.54) is 18.9 Å².